The quantitative estimate of drug-likeness (QED) is 0.275. The van der Waals surface area contributed by atoms with Crippen LogP contribution < -0.4 is 9.62 Å². The lowest BCUT2D eigenvalue weighted by Gasteiger charge is -2.32. The van der Waals surface area contributed by atoms with Crippen molar-refractivity contribution in [3.8, 4) is 0 Å². The van der Waals surface area contributed by atoms with Gasteiger partial charge < -0.3 is 10.2 Å². The summed E-state index contributed by atoms with van der Waals surface area (Å²) in [5, 5.41) is 2.89. The van der Waals surface area contributed by atoms with E-state index in [1.807, 2.05) is 87.5 Å². The molecule has 9 heteroatoms. The lowest BCUT2D eigenvalue weighted by molar-refractivity contribution is -0.141. The van der Waals surface area contributed by atoms with Crippen LogP contribution in [0, 0.1) is 13.8 Å². The Morgan fingerprint density at radius 3 is 2.25 bits per heavy atom. The number of likely N-dealkylation sites (N-methyl/N-ethyl adjacent to an activating group) is 1. The fraction of sp³-hybridized carbons (Fsp3) is 0.355. The number of nitrogens with one attached hydrogen (secondary N) is 1. The number of amides is 2. The third-order valence-corrected chi connectivity index (χ3v) is 8.48. The van der Waals surface area contributed by atoms with E-state index in [2.05, 4.69) is 21.2 Å². The van der Waals surface area contributed by atoms with Gasteiger partial charge in [0, 0.05) is 36.9 Å². The molecular weight excluding hydrogens is 590 g/mol. The van der Waals surface area contributed by atoms with Crippen molar-refractivity contribution in [2.45, 2.75) is 52.6 Å². The van der Waals surface area contributed by atoms with Gasteiger partial charge in [-0.3, -0.25) is 13.9 Å². The molecule has 40 heavy (non-hydrogen) atoms. The molecule has 0 fully saturated rings. The minimum atomic E-state index is -3.56. The number of rotatable bonds is 13. The molecule has 0 saturated heterocycles. The Hall–Kier alpha value is -3.17. The van der Waals surface area contributed by atoms with Crippen LogP contribution in [-0.2, 0) is 32.6 Å². The van der Waals surface area contributed by atoms with Crippen LogP contribution in [0.4, 0.5) is 5.69 Å². The SMILES string of the molecule is CCNC(=O)C(Cc1ccccc1)N(Cc1cccc(Br)c1)C(=O)CCCN(c1ccc(C)c(C)c1)S(C)(=O)=O. The number of anilines is 1. The van der Waals surface area contributed by atoms with Gasteiger partial charge in [0.1, 0.15) is 6.04 Å². The summed E-state index contributed by atoms with van der Waals surface area (Å²) in [7, 11) is -3.56. The van der Waals surface area contributed by atoms with E-state index in [0.29, 0.717) is 25.1 Å². The zero-order valence-corrected chi connectivity index (χ0v) is 26.0. The zero-order valence-electron chi connectivity index (χ0n) is 23.6. The minimum absolute atomic E-state index is 0.0928. The smallest absolute Gasteiger partial charge is 0.243 e. The Balaban J connectivity index is 1.87. The van der Waals surface area contributed by atoms with E-state index in [1.54, 1.807) is 11.0 Å². The second-order valence-corrected chi connectivity index (χ2v) is 12.8. The molecule has 1 unspecified atom stereocenters. The number of nitrogens with zero attached hydrogens (tertiary/aromatic N) is 2. The third-order valence-electron chi connectivity index (χ3n) is 6.79. The standard InChI is InChI=1S/C31H38BrN3O4S/c1-5-33-31(37)29(21-25-11-7-6-8-12-25)34(22-26-13-9-14-27(32)20-26)30(36)15-10-18-35(40(4,38)39)28-17-16-23(2)24(3)19-28/h6-9,11-14,16-17,19-20,29H,5,10,15,18,21-22H2,1-4H3,(H,33,37). The van der Waals surface area contributed by atoms with Crippen molar-refractivity contribution in [1.29, 1.82) is 0 Å². The Morgan fingerprint density at radius 1 is 0.925 bits per heavy atom. The maximum absolute atomic E-state index is 13.8. The van der Waals surface area contributed by atoms with Crippen molar-refractivity contribution < 1.29 is 18.0 Å². The second-order valence-electron chi connectivity index (χ2n) is 9.96. The largest absolute Gasteiger partial charge is 0.355 e. The highest BCUT2D eigenvalue weighted by molar-refractivity contribution is 9.10. The van der Waals surface area contributed by atoms with Crippen molar-refractivity contribution >= 4 is 43.5 Å². The number of aryl methyl sites for hydroxylation is 2. The fourth-order valence-corrected chi connectivity index (χ4v) is 5.97. The van der Waals surface area contributed by atoms with E-state index >= 15 is 0 Å². The molecule has 3 aromatic rings. The topological polar surface area (TPSA) is 86.8 Å². The predicted molar refractivity (Wildman–Crippen MR) is 165 cm³/mol. The van der Waals surface area contributed by atoms with Gasteiger partial charge in [-0.15, -0.1) is 0 Å². The van der Waals surface area contributed by atoms with Gasteiger partial charge in [0.05, 0.1) is 11.9 Å². The number of hydrogen-bond donors (Lipinski definition) is 1. The van der Waals surface area contributed by atoms with Crippen LogP contribution in [0.3, 0.4) is 0 Å². The number of benzene rings is 3. The molecule has 214 valence electrons. The van der Waals surface area contributed by atoms with Gasteiger partial charge in [-0.25, -0.2) is 8.42 Å². The summed E-state index contributed by atoms with van der Waals surface area (Å²) < 4.78 is 27.5. The fourth-order valence-electron chi connectivity index (χ4n) is 4.56. The van der Waals surface area contributed by atoms with E-state index in [1.165, 1.54) is 10.6 Å². The van der Waals surface area contributed by atoms with Crippen LogP contribution in [0.25, 0.3) is 0 Å². The number of carbonyl (C=O) groups excluding carboxylic acids is 2. The van der Waals surface area contributed by atoms with E-state index in [9.17, 15) is 18.0 Å². The number of hydrogen-bond acceptors (Lipinski definition) is 4. The molecule has 0 radical (unpaired) electrons. The van der Waals surface area contributed by atoms with E-state index < -0.39 is 16.1 Å². The third kappa shape index (κ3) is 8.93. The molecule has 0 saturated carbocycles. The number of sulfonamides is 1. The van der Waals surface area contributed by atoms with Crippen LogP contribution in [-0.4, -0.2) is 50.5 Å². The second kappa shape index (κ2) is 14.5. The average molecular weight is 629 g/mol. The molecule has 0 aliphatic heterocycles. The van der Waals surface area contributed by atoms with Gasteiger partial charge in [-0.05, 0) is 73.7 Å². The molecule has 1 atom stereocenters. The summed E-state index contributed by atoms with van der Waals surface area (Å²) in [4.78, 5) is 28.7. The van der Waals surface area contributed by atoms with Gasteiger partial charge in [0.15, 0.2) is 0 Å². The minimum Gasteiger partial charge on any atom is -0.355 e. The van der Waals surface area contributed by atoms with Crippen LogP contribution in [0.1, 0.15) is 42.0 Å². The van der Waals surface area contributed by atoms with Crippen LogP contribution >= 0.6 is 15.9 Å². The first-order chi connectivity index (χ1) is 19.0. The van der Waals surface area contributed by atoms with Crippen LogP contribution in [0.5, 0.6) is 0 Å². The molecule has 0 spiro atoms. The van der Waals surface area contributed by atoms with Crippen molar-refractivity contribution in [3.05, 3.63) is 99.5 Å². The lowest BCUT2D eigenvalue weighted by Crippen LogP contribution is -2.50. The van der Waals surface area contributed by atoms with Gasteiger partial charge in [0.2, 0.25) is 21.8 Å². The first-order valence-corrected chi connectivity index (χ1v) is 16.0. The molecule has 3 rings (SSSR count). The Kier molecular flexibility index (Phi) is 11.3. The molecule has 0 aliphatic carbocycles. The highest BCUT2D eigenvalue weighted by Crippen LogP contribution is 2.23. The highest BCUT2D eigenvalue weighted by Gasteiger charge is 2.30. The first-order valence-electron chi connectivity index (χ1n) is 13.4. The van der Waals surface area contributed by atoms with Gasteiger partial charge >= 0.3 is 0 Å². The average Bonchev–Trinajstić information content (AvgIpc) is 2.90. The van der Waals surface area contributed by atoms with Crippen LogP contribution in [0.15, 0.2) is 77.3 Å². The van der Waals surface area contributed by atoms with Gasteiger partial charge in [-0.1, -0.05) is 64.5 Å². The van der Waals surface area contributed by atoms with Crippen molar-refractivity contribution in [2.75, 3.05) is 23.7 Å². The lowest BCUT2D eigenvalue weighted by atomic mass is 10.0. The molecule has 0 bridgehead atoms. The van der Waals surface area contributed by atoms with Crippen molar-refractivity contribution in [2.24, 2.45) is 0 Å². The number of halogens is 1. The van der Waals surface area contributed by atoms with Gasteiger partial charge in [0.25, 0.3) is 0 Å². The molecule has 2 amide bonds. The summed E-state index contributed by atoms with van der Waals surface area (Å²) in [5.74, 6) is -0.428. The van der Waals surface area contributed by atoms with Crippen molar-refractivity contribution in [3.63, 3.8) is 0 Å². The number of carbonyl (C=O) groups is 2. The zero-order chi connectivity index (χ0) is 29.3. The van der Waals surface area contributed by atoms with E-state index in [0.717, 1.165) is 26.7 Å². The Morgan fingerprint density at radius 2 is 1.62 bits per heavy atom. The first kappa shape index (κ1) is 31.4. The van der Waals surface area contributed by atoms with E-state index in [-0.39, 0.29) is 31.3 Å². The molecule has 0 heterocycles. The molecule has 0 aliphatic rings. The predicted octanol–water partition coefficient (Wildman–Crippen LogP) is 5.39. The summed E-state index contributed by atoms with van der Waals surface area (Å²) in [6.45, 7) is 6.62. The summed E-state index contributed by atoms with van der Waals surface area (Å²) in [5.41, 5.74) is 4.48. The summed E-state index contributed by atoms with van der Waals surface area (Å²) >= 11 is 3.50. The maximum Gasteiger partial charge on any atom is 0.243 e. The van der Waals surface area contributed by atoms with Crippen LogP contribution in [0.2, 0.25) is 0 Å². The monoisotopic (exact) mass is 627 g/mol. The normalized spacial score (nSPS) is 12.0. The molecule has 0 aromatic heterocycles. The highest BCUT2D eigenvalue weighted by atomic mass is 79.9. The van der Waals surface area contributed by atoms with Crippen molar-refractivity contribution in [1.82, 2.24) is 10.2 Å². The molecular formula is C31H38BrN3O4S. The Labute approximate surface area is 246 Å². The van der Waals surface area contributed by atoms with Gasteiger partial charge in [-0.2, -0.15) is 0 Å². The van der Waals surface area contributed by atoms with E-state index in [4.69, 9.17) is 0 Å². The summed E-state index contributed by atoms with van der Waals surface area (Å²) in [6, 6.07) is 22.1. The molecule has 1 N–H and O–H groups in total. The Bertz CT molecular complexity index is 1410. The molecule has 3 aromatic carbocycles. The summed E-state index contributed by atoms with van der Waals surface area (Å²) in [6.07, 6.45) is 1.94. The molecule has 7 nitrogen and oxygen atoms in total. The maximum atomic E-state index is 13.8.